The van der Waals surface area contributed by atoms with Crippen LogP contribution in [0.1, 0.15) is 13.3 Å². The summed E-state index contributed by atoms with van der Waals surface area (Å²) < 4.78 is 23.4. The van der Waals surface area contributed by atoms with Gasteiger partial charge in [-0.05, 0) is 24.6 Å². The van der Waals surface area contributed by atoms with Gasteiger partial charge in [0.25, 0.3) is 0 Å². The summed E-state index contributed by atoms with van der Waals surface area (Å²) in [7, 11) is -1.18. The number of carbonyl (C=O) groups excluding carboxylic acids is 1. The molecule has 9 nitrogen and oxygen atoms in total. The highest BCUT2D eigenvalue weighted by molar-refractivity contribution is 7.91. The Bertz CT molecular complexity index is 918. The second-order valence-corrected chi connectivity index (χ2v) is 8.42. The second kappa shape index (κ2) is 7.24. The van der Waals surface area contributed by atoms with Crippen LogP contribution in [-0.2, 0) is 14.6 Å². The number of nitrogens with zero attached hydrogens (tertiary/aromatic N) is 4. The second-order valence-electron chi connectivity index (χ2n) is 6.19. The monoisotopic (exact) mass is 376 g/mol. The minimum absolute atomic E-state index is 0.118. The Morgan fingerprint density at radius 3 is 2.77 bits per heavy atom. The van der Waals surface area contributed by atoms with Crippen LogP contribution in [0.15, 0.2) is 30.5 Å². The number of anilines is 4. The Morgan fingerprint density at radius 2 is 2.08 bits per heavy atom. The molecule has 0 spiro atoms. The molecule has 2 heterocycles. The zero-order valence-corrected chi connectivity index (χ0v) is 15.3. The van der Waals surface area contributed by atoms with Crippen LogP contribution in [0.3, 0.4) is 0 Å². The molecule has 1 unspecified atom stereocenters. The van der Waals surface area contributed by atoms with Crippen molar-refractivity contribution in [2.75, 3.05) is 34.1 Å². The average molecular weight is 376 g/mol. The predicted octanol–water partition coefficient (Wildman–Crippen LogP) is 1.20. The summed E-state index contributed by atoms with van der Waals surface area (Å²) in [6.45, 7) is 1.44. The number of hydrogen-bond donors (Lipinski definition) is 2. The molecule has 1 aromatic carbocycles. The van der Waals surface area contributed by atoms with Gasteiger partial charge in [-0.2, -0.15) is 10.1 Å². The molecule has 2 aromatic rings. The number of carbonyl (C=O) groups is 1. The molecule has 1 aromatic heterocycles. The molecule has 0 radical (unpaired) electrons. The maximum absolute atomic E-state index is 11.7. The molecule has 1 atom stereocenters. The highest BCUT2D eigenvalue weighted by Gasteiger charge is 2.31. The maximum atomic E-state index is 11.7. The van der Waals surface area contributed by atoms with E-state index >= 15 is 0 Å². The van der Waals surface area contributed by atoms with Crippen LogP contribution in [0.5, 0.6) is 0 Å². The Kier molecular flexibility index (Phi) is 5.03. The van der Waals surface area contributed by atoms with E-state index in [-0.39, 0.29) is 29.4 Å². The third-order valence-electron chi connectivity index (χ3n) is 4.10. The normalized spacial score (nSPS) is 18.3. The smallest absolute Gasteiger partial charge is 0.249 e. The lowest BCUT2D eigenvalue weighted by molar-refractivity contribution is -0.114. The van der Waals surface area contributed by atoms with E-state index in [1.807, 2.05) is 11.0 Å². The summed E-state index contributed by atoms with van der Waals surface area (Å²) in [5, 5.41) is 13.6. The first-order valence-corrected chi connectivity index (χ1v) is 9.92. The van der Waals surface area contributed by atoms with E-state index in [0.29, 0.717) is 23.6 Å². The first-order valence-electron chi connectivity index (χ1n) is 8.10. The van der Waals surface area contributed by atoms with Crippen molar-refractivity contribution in [3.63, 3.8) is 0 Å². The van der Waals surface area contributed by atoms with Gasteiger partial charge >= 0.3 is 0 Å². The van der Waals surface area contributed by atoms with Crippen LogP contribution in [0.2, 0.25) is 0 Å². The Balaban J connectivity index is 1.74. The van der Waals surface area contributed by atoms with Gasteiger partial charge < -0.3 is 15.5 Å². The summed E-state index contributed by atoms with van der Waals surface area (Å²) in [5.41, 5.74) is 1.35. The molecule has 26 heavy (non-hydrogen) atoms. The molecule has 1 saturated heterocycles. The molecule has 1 aliphatic rings. The third kappa shape index (κ3) is 4.45. The molecule has 138 valence electrons. The minimum atomic E-state index is -2.98. The molecule has 2 N–H and O–H groups in total. The van der Waals surface area contributed by atoms with Crippen LogP contribution < -0.4 is 15.5 Å². The molecule has 10 heteroatoms. The molecular weight excluding hydrogens is 356 g/mol. The molecule has 0 bridgehead atoms. The average Bonchev–Trinajstić information content (AvgIpc) is 2.94. The largest absolute Gasteiger partial charge is 0.354 e. The van der Waals surface area contributed by atoms with Crippen molar-refractivity contribution in [3.05, 3.63) is 30.5 Å². The van der Waals surface area contributed by atoms with Gasteiger partial charge in [0.15, 0.2) is 15.7 Å². The van der Waals surface area contributed by atoms with Gasteiger partial charge in [0, 0.05) is 31.4 Å². The molecule has 1 amide bonds. The number of aromatic nitrogens is 3. The highest BCUT2D eigenvalue weighted by atomic mass is 32.2. The summed E-state index contributed by atoms with van der Waals surface area (Å²) in [6, 6.07) is 7.02. The van der Waals surface area contributed by atoms with Gasteiger partial charge in [0.05, 0.1) is 17.7 Å². The molecule has 3 rings (SSSR count). The molecule has 0 saturated carbocycles. The number of benzene rings is 1. The van der Waals surface area contributed by atoms with Gasteiger partial charge in [-0.25, -0.2) is 8.42 Å². The highest BCUT2D eigenvalue weighted by Crippen LogP contribution is 2.23. The van der Waals surface area contributed by atoms with Crippen molar-refractivity contribution in [1.29, 1.82) is 0 Å². The lowest BCUT2D eigenvalue weighted by atomic mass is 10.2. The maximum Gasteiger partial charge on any atom is 0.249 e. The van der Waals surface area contributed by atoms with Crippen molar-refractivity contribution in [2.24, 2.45) is 0 Å². The van der Waals surface area contributed by atoms with Gasteiger partial charge in [0.2, 0.25) is 11.9 Å². The Hall–Kier alpha value is -2.75. The standard InChI is InChI=1S/C16H20N6O3S/c1-11(23)18-12-4-3-5-13(8-12)19-16-20-15(9-17-21-16)22(2)14-6-7-26(24,25)10-14/h3-5,8-9,14H,6-7,10H2,1-2H3,(H,18,23)(H,19,20,21). The van der Waals surface area contributed by atoms with Crippen LogP contribution >= 0.6 is 0 Å². The summed E-state index contributed by atoms with van der Waals surface area (Å²) in [5.74, 6) is 0.990. The van der Waals surface area contributed by atoms with Crippen molar-refractivity contribution in [2.45, 2.75) is 19.4 Å². The third-order valence-corrected chi connectivity index (χ3v) is 5.85. The van der Waals surface area contributed by atoms with E-state index in [1.165, 1.54) is 13.1 Å². The number of hydrogen-bond acceptors (Lipinski definition) is 8. The fourth-order valence-electron chi connectivity index (χ4n) is 2.79. The SMILES string of the molecule is CC(=O)Nc1cccc(Nc2nncc(N(C)C3CCS(=O)(=O)C3)n2)c1. The van der Waals surface area contributed by atoms with Gasteiger partial charge in [-0.15, -0.1) is 5.10 Å². The number of nitrogens with one attached hydrogen (secondary N) is 2. The van der Waals surface area contributed by atoms with Crippen molar-refractivity contribution in [1.82, 2.24) is 15.2 Å². The lowest BCUT2D eigenvalue weighted by Crippen LogP contribution is -2.33. The van der Waals surface area contributed by atoms with Crippen LogP contribution in [0.25, 0.3) is 0 Å². The van der Waals surface area contributed by atoms with E-state index < -0.39 is 9.84 Å². The van der Waals surface area contributed by atoms with E-state index in [1.54, 1.807) is 25.2 Å². The number of rotatable bonds is 5. The lowest BCUT2D eigenvalue weighted by Gasteiger charge is -2.24. The van der Waals surface area contributed by atoms with Crippen LogP contribution in [0, 0.1) is 0 Å². The van der Waals surface area contributed by atoms with E-state index in [2.05, 4.69) is 25.8 Å². The zero-order valence-electron chi connectivity index (χ0n) is 14.5. The molecular formula is C16H20N6O3S. The van der Waals surface area contributed by atoms with Crippen molar-refractivity contribution in [3.8, 4) is 0 Å². The summed E-state index contributed by atoms with van der Waals surface area (Å²) in [4.78, 5) is 17.4. The number of amides is 1. The van der Waals surface area contributed by atoms with Crippen molar-refractivity contribution >= 4 is 38.9 Å². The van der Waals surface area contributed by atoms with Crippen molar-refractivity contribution < 1.29 is 13.2 Å². The van der Waals surface area contributed by atoms with E-state index in [4.69, 9.17) is 0 Å². The summed E-state index contributed by atoms with van der Waals surface area (Å²) in [6.07, 6.45) is 2.08. The minimum Gasteiger partial charge on any atom is -0.354 e. The van der Waals surface area contributed by atoms with Gasteiger partial charge in [-0.1, -0.05) is 6.07 Å². The first-order chi connectivity index (χ1) is 12.3. The topological polar surface area (TPSA) is 117 Å². The predicted molar refractivity (Wildman–Crippen MR) is 99.3 cm³/mol. The van der Waals surface area contributed by atoms with Gasteiger partial charge in [0.1, 0.15) is 0 Å². The van der Waals surface area contributed by atoms with Crippen LogP contribution in [-0.4, -0.2) is 54.1 Å². The first kappa shape index (κ1) is 18.1. The zero-order chi connectivity index (χ0) is 18.7. The van der Waals surface area contributed by atoms with E-state index in [9.17, 15) is 13.2 Å². The molecule has 0 aliphatic carbocycles. The molecule has 1 fully saturated rings. The molecule has 1 aliphatic heterocycles. The summed E-state index contributed by atoms with van der Waals surface area (Å²) >= 11 is 0. The quantitative estimate of drug-likeness (QED) is 0.799. The fourth-order valence-corrected chi connectivity index (χ4v) is 4.57. The van der Waals surface area contributed by atoms with E-state index in [0.717, 1.165) is 0 Å². The van der Waals surface area contributed by atoms with Crippen LogP contribution in [0.4, 0.5) is 23.1 Å². The Labute approximate surface area is 151 Å². The number of sulfone groups is 1. The Morgan fingerprint density at radius 1 is 1.31 bits per heavy atom. The van der Waals surface area contributed by atoms with Gasteiger partial charge in [-0.3, -0.25) is 4.79 Å². The fraction of sp³-hybridized carbons (Fsp3) is 0.375.